The maximum Gasteiger partial charge on any atom is 0.283 e. The molecule has 1 amide bonds. The zero-order valence-electron chi connectivity index (χ0n) is 24.0. The quantitative estimate of drug-likeness (QED) is 0.274. The number of hydrogen-bond donors (Lipinski definition) is 2. The summed E-state index contributed by atoms with van der Waals surface area (Å²) >= 11 is 6.28. The number of benzene rings is 1. The van der Waals surface area contributed by atoms with Gasteiger partial charge in [-0.25, -0.2) is 18.4 Å². The first-order valence-corrected chi connectivity index (χ1v) is 14.6. The number of fused-ring (bicyclic) bond motifs is 4. The highest BCUT2D eigenvalue weighted by Crippen LogP contribution is 2.33. The average molecular weight is 636 g/mol. The number of nitrogens with one attached hydrogen (secondary N) is 1. The van der Waals surface area contributed by atoms with Crippen molar-refractivity contribution in [2.24, 2.45) is 5.92 Å². The number of aliphatic hydroxyl groups excluding tert-OH is 1. The van der Waals surface area contributed by atoms with E-state index in [0.717, 1.165) is 6.20 Å². The maximum atomic E-state index is 13.7. The SMILES string of the molecule is C[C@@H]1CCC[C@H](n2cnc(-c3cc(Cl)ccc3-n3cc(C(F)F)nn3)cc2=O)c2cc(ccn2)-c2c(cnn2CCO)NC1=O. The van der Waals surface area contributed by atoms with Crippen LogP contribution in [0.1, 0.15) is 50.0 Å². The Morgan fingerprint density at radius 2 is 1.98 bits per heavy atom. The molecule has 0 fully saturated rings. The van der Waals surface area contributed by atoms with Gasteiger partial charge in [-0.3, -0.25) is 23.8 Å². The van der Waals surface area contributed by atoms with Crippen LogP contribution in [0.5, 0.6) is 0 Å². The summed E-state index contributed by atoms with van der Waals surface area (Å²) in [6, 6.07) is 9.20. The normalized spacial score (nSPS) is 17.0. The fraction of sp³-hybridized carbons (Fsp3) is 0.300. The van der Waals surface area contributed by atoms with E-state index in [9.17, 15) is 23.5 Å². The third kappa shape index (κ3) is 6.11. The number of pyridine rings is 1. The molecular weight excluding hydrogens is 608 g/mol. The lowest BCUT2D eigenvalue weighted by molar-refractivity contribution is -0.119. The standard InChI is InChI=1S/C30H28ClF2N9O3/c1-17-3-2-4-26(22-11-18(7-8-34-22)28-23(37-30(17)45)14-36-41(28)9-10-43)40-16-35-21(13-27(40)44)20-12-19(31)5-6-25(20)42-15-24(29(32)33)38-39-42/h5-8,11-17,26,29,43H,2-4,9-10H2,1H3,(H,37,45)/t17-,26+/m1/s1. The van der Waals surface area contributed by atoms with Gasteiger partial charge in [-0.2, -0.15) is 5.10 Å². The highest BCUT2D eigenvalue weighted by molar-refractivity contribution is 6.31. The van der Waals surface area contributed by atoms with Gasteiger partial charge in [0.05, 0.1) is 66.4 Å². The monoisotopic (exact) mass is 635 g/mol. The predicted molar refractivity (Wildman–Crippen MR) is 161 cm³/mol. The second kappa shape index (κ2) is 12.7. The van der Waals surface area contributed by atoms with E-state index in [1.807, 2.05) is 13.0 Å². The van der Waals surface area contributed by atoms with E-state index in [1.54, 1.807) is 41.3 Å². The van der Waals surface area contributed by atoms with Crippen molar-refractivity contribution in [3.05, 3.63) is 88.1 Å². The topological polar surface area (TPSA) is 146 Å². The Hall–Kier alpha value is -4.82. The van der Waals surface area contributed by atoms with Crippen LogP contribution in [0.2, 0.25) is 5.02 Å². The molecule has 45 heavy (non-hydrogen) atoms. The van der Waals surface area contributed by atoms with Gasteiger partial charge in [0.15, 0.2) is 0 Å². The van der Waals surface area contributed by atoms with Crippen LogP contribution >= 0.6 is 11.6 Å². The van der Waals surface area contributed by atoms with Gasteiger partial charge in [0.1, 0.15) is 5.69 Å². The Kier molecular flexibility index (Phi) is 8.50. The van der Waals surface area contributed by atoms with Crippen LogP contribution < -0.4 is 10.9 Å². The lowest BCUT2D eigenvalue weighted by atomic mass is 9.97. The van der Waals surface area contributed by atoms with E-state index in [0.29, 0.717) is 58.2 Å². The number of hydrogen-bond acceptors (Lipinski definition) is 8. The van der Waals surface area contributed by atoms with E-state index in [4.69, 9.17) is 11.6 Å². The highest BCUT2D eigenvalue weighted by atomic mass is 35.5. The summed E-state index contributed by atoms with van der Waals surface area (Å²) in [5.41, 5.74) is 2.61. The molecule has 12 nitrogen and oxygen atoms in total. The molecule has 0 spiro atoms. The molecule has 2 N–H and O–H groups in total. The Labute approximate surface area is 260 Å². The Balaban J connectivity index is 1.43. The third-order valence-corrected chi connectivity index (χ3v) is 7.99. The van der Waals surface area contributed by atoms with Crippen LogP contribution in [-0.4, -0.2) is 56.9 Å². The number of halogens is 3. The minimum atomic E-state index is -2.80. The Morgan fingerprint density at radius 3 is 2.73 bits per heavy atom. The molecule has 5 aromatic rings. The minimum Gasteiger partial charge on any atom is -0.394 e. The highest BCUT2D eigenvalue weighted by Gasteiger charge is 2.25. The molecule has 1 aliphatic heterocycles. The van der Waals surface area contributed by atoms with Crippen molar-refractivity contribution >= 4 is 23.2 Å². The number of aromatic nitrogens is 8. The van der Waals surface area contributed by atoms with Crippen LogP contribution in [0.25, 0.3) is 28.2 Å². The maximum absolute atomic E-state index is 13.7. The van der Waals surface area contributed by atoms with Crippen molar-refractivity contribution in [1.82, 2.24) is 39.3 Å². The lowest BCUT2D eigenvalue weighted by Gasteiger charge is -2.22. The summed E-state index contributed by atoms with van der Waals surface area (Å²) in [4.78, 5) is 36.0. The molecule has 0 unspecified atom stereocenters. The molecule has 4 aromatic heterocycles. The average Bonchev–Trinajstić information content (AvgIpc) is 3.67. The Morgan fingerprint density at radius 1 is 1.13 bits per heavy atom. The third-order valence-electron chi connectivity index (χ3n) is 7.76. The van der Waals surface area contributed by atoms with Crippen LogP contribution in [0.15, 0.2) is 66.1 Å². The summed E-state index contributed by atoms with van der Waals surface area (Å²) in [5.74, 6) is -0.467. The molecule has 0 radical (unpaired) electrons. The van der Waals surface area contributed by atoms with Crippen molar-refractivity contribution in [3.8, 4) is 28.2 Å². The van der Waals surface area contributed by atoms with Crippen LogP contribution in [0.4, 0.5) is 14.5 Å². The van der Waals surface area contributed by atoms with Crippen molar-refractivity contribution < 1.29 is 18.7 Å². The number of carbonyl (C=O) groups is 1. The molecule has 6 rings (SSSR count). The van der Waals surface area contributed by atoms with Gasteiger partial charge in [0.2, 0.25) is 5.91 Å². The molecule has 1 aromatic carbocycles. The summed E-state index contributed by atoms with van der Waals surface area (Å²) in [6.07, 6.45) is 4.61. The summed E-state index contributed by atoms with van der Waals surface area (Å²) in [5, 5.41) is 24.7. The number of anilines is 1. The first kappa shape index (κ1) is 30.2. The lowest BCUT2D eigenvalue weighted by Crippen LogP contribution is -2.27. The molecule has 5 heterocycles. The van der Waals surface area contributed by atoms with E-state index >= 15 is 0 Å². The van der Waals surface area contributed by atoms with Gasteiger partial charge in [-0.1, -0.05) is 30.2 Å². The fourth-order valence-electron chi connectivity index (χ4n) is 5.46. The van der Waals surface area contributed by atoms with Gasteiger partial charge >= 0.3 is 0 Å². The zero-order valence-corrected chi connectivity index (χ0v) is 24.8. The fourth-order valence-corrected chi connectivity index (χ4v) is 5.63. The molecule has 0 aliphatic carbocycles. The zero-order chi connectivity index (χ0) is 31.7. The van der Waals surface area contributed by atoms with Gasteiger partial charge in [-0.05, 0) is 43.2 Å². The van der Waals surface area contributed by atoms with Crippen molar-refractivity contribution in [2.45, 2.75) is 45.2 Å². The van der Waals surface area contributed by atoms with Gasteiger partial charge < -0.3 is 10.4 Å². The van der Waals surface area contributed by atoms with Gasteiger partial charge in [0, 0.05) is 34.3 Å². The first-order valence-electron chi connectivity index (χ1n) is 14.3. The van der Waals surface area contributed by atoms with E-state index in [2.05, 4.69) is 30.7 Å². The van der Waals surface area contributed by atoms with Gasteiger partial charge in [0.25, 0.3) is 12.0 Å². The molecule has 15 heteroatoms. The van der Waals surface area contributed by atoms with E-state index < -0.39 is 18.2 Å². The number of aliphatic hydroxyl groups is 1. The largest absolute Gasteiger partial charge is 0.394 e. The molecule has 0 saturated heterocycles. The summed E-state index contributed by atoms with van der Waals surface area (Å²) in [7, 11) is 0. The molecule has 0 saturated carbocycles. The van der Waals surface area contributed by atoms with Crippen molar-refractivity contribution in [2.75, 3.05) is 11.9 Å². The first-order chi connectivity index (χ1) is 21.7. The minimum absolute atomic E-state index is 0.148. The van der Waals surface area contributed by atoms with Crippen molar-refractivity contribution in [3.63, 3.8) is 0 Å². The second-order valence-electron chi connectivity index (χ2n) is 10.7. The number of nitrogens with zero attached hydrogens (tertiary/aromatic N) is 8. The molecule has 1 aliphatic rings. The van der Waals surface area contributed by atoms with Crippen LogP contribution in [0, 0.1) is 5.92 Å². The van der Waals surface area contributed by atoms with E-state index in [1.165, 1.54) is 21.6 Å². The van der Waals surface area contributed by atoms with Crippen LogP contribution in [-0.2, 0) is 11.3 Å². The molecule has 2 atom stereocenters. The summed E-state index contributed by atoms with van der Waals surface area (Å²) in [6.45, 7) is 1.91. The number of carbonyl (C=O) groups excluding carboxylic acids is 1. The molecule has 2 bridgehead atoms. The molecule has 232 valence electrons. The second-order valence-corrected chi connectivity index (χ2v) is 11.2. The summed E-state index contributed by atoms with van der Waals surface area (Å²) < 4.78 is 30.7. The molecular formula is C30H28ClF2N9O3. The predicted octanol–water partition coefficient (Wildman–Crippen LogP) is 4.68. The van der Waals surface area contributed by atoms with Crippen molar-refractivity contribution in [1.29, 1.82) is 0 Å². The smallest absolute Gasteiger partial charge is 0.283 e. The Bertz CT molecular complexity index is 1920. The van der Waals surface area contributed by atoms with E-state index in [-0.39, 0.29) is 36.2 Å². The van der Waals surface area contributed by atoms with Gasteiger partial charge in [-0.15, -0.1) is 5.10 Å². The number of rotatable bonds is 6. The number of alkyl halides is 2. The van der Waals surface area contributed by atoms with Crippen LogP contribution in [0.3, 0.4) is 0 Å². The number of amides is 1.